The number of thiophene rings is 1. The summed E-state index contributed by atoms with van der Waals surface area (Å²) in [7, 11) is 0. The van der Waals surface area contributed by atoms with E-state index in [4.69, 9.17) is 9.47 Å². The molecule has 9 nitrogen and oxygen atoms in total. The fourth-order valence-corrected chi connectivity index (χ4v) is 5.73. The van der Waals surface area contributed by atoms with Crippen molar-refractivity contribution in [2.75, 3.05) is 46.0 Å². The number of ether oxygens (including phenoxy) is 2. The zero-order valence-corrected chi connectivity index (χ0v) is 21.1. The van der Waals surface area contributed by atoms with Gasteiger partial charge in [0.05, 0.1) is 32.4 Å². The van der Waals surface area contributed by atoms with Crippen molar-refractivity contribution in [3.63, 3.8) is 0 Å². The van der Waals surface area contributed by atoms with Crippen LogP contribution in [-0.4, -0.2) is 73.5 Å². The van der Waals surface area contributed by atoms with Gasteiger partial charge in [0.1, 0.15) is 18.8 Å². The average Bonchev–Trinajstić information content (AvgIpc) is 3.53. The summed E-state index contributed by atoms with van der Waals surface area (Å²) >= 11 is 1.41. The molecule has 1 amide bonds. The molecule has 2 saturated heterocycles. The summed E-state index contributed by atoms with van der Waals surface area (Å²) in [5, 5.41) is 15.7. The Balaban J connectivity index is 1.68. The number of carbonyl (C=O) groups is 3. The van der Waals surface area contributed by atoms with Crippen molar-refractivity contribution in [1.82, 2.24) is 9.88 Å². The minimum atomic E-state index is -0.773. The Kier molecular flexibility index (Phi) is 7.73. The van der Waals surface area contributed by atoms with E-state index in [0.717, 1.165) is 37.7 Å². The number of Topliss-reactive ketones (excluding diaryl/α,β-unsaturated/α-hetero) is 1. The van der Waals surface area contributed by atoms with E-state index in [2.05, 4.69) is 4.98 Å². The van der Waals surface area contributed by atoms with Gasteiger partial charge in [0.2, 0.25) is 5.78 Å². The van der Waals surface area contributed by atoms with Crippen LogP contribution in [0.15, 0.2) is 23.1 Å². The number of carbonyl (C=O) groups excluding carboxylic acids is 3. The molecule has 2 aliphatic rings. The van der Waals surface area contributed by atoms with Crippen molar-refractivity contribution >= 4 is 34.8 Å². The molecule has 0 bridgehead atoms. The van der Waals surface area contributed by atoms with Crippen LogP contribution < -0.4 is 10.0 Å². The number of hydrogen-bond acceptors (Lipinski definition) is 7. The van der Waals surface area contributed by atoms with Gasteiger partial charge in [-0.2, -0.15) is 0 Å². The first-order chi connectivity index (χ1) is 16.8. The number of esters is 1. The molecule has 10 heteroatoms. The summed E-state index contributed by atoms with van der Waals surface area (Å²) in [4.78, 5) is 45.3. The highest BCUT2D eigenvalue weighted by Gasteiger charge is 2.44. The molecule has 2 aromatic rings. The molecular formula is C25H31N3O6S. The SMILES string of the molecule is CCOC(=O)c1[nH]c(C)c(C([O-])=C2C(=O)C(=O)N(CCC[NH+]3CCOCC3)C2c2cccs2)c1C. The Morgan fingerprint density at radius 2 is 2.06 bits per heavy atom. The Hall–Kier alpha value is -2.95. The molecular weight excluding hydrogens is 470 g/mol. The number of nitrogens with zero attached hydrogens (tertiary/aromatic N) is 1. The van der Waals surface area contributed by atoms with Crippen molar-refractivity contribution < 1.29 is 33.9 Å². The second-order valence-electron chi connectivity index (χ2n) is 8.80. The Labute approximate surface area is 208 Å². The zero-order chi connectivity index (χ0) is 25.1. The minimum Gasteiger partial charge on any atom is -0.872 e. The standard InChI is InChI=1S/C25H31N3O6S/c1-4-34-25(32)20-15(2)18(16(3)26-20)22(29)19-21(17-7-5-14-35-17)28(24(31)23(19)30)9-6-8-27-10-12-33-13-11-27/h5,7,14,21,26,29H,4,6,8-13H2,1-3H3. The van der Waals surface area contributed by atoms with Gasteiger partial charge in [0, 0.05) is 29.1 Å². The largest absolute Gasteiger partial charge is 0.872 e. The highest BCUT2D eigenvalue weighted by molar-refractivity contribution is 7.10. The number of quaternary nitrogens is 1. The molecule has 0 radical (unpaired) electrons. The third-order valence-electron chi connectivity index (χ3n) is 6.62. The highest BCUT2D eigenvalue weighted by Crippen LogP contribution is 2.41. The predicted molar refractivity (Wildman–Crippen MR) is 128 cm³/mol. The lowest BCUT2D eigenvalue weighted by Crippen LogP contribution is -3.14. The molecule has 1 atom stereocenters. The van der Waals surface area contributed by atoms with Crippen molar-refractivity contribution in [2.45, 2.75) is 33.2 Å². The smallest absolute Gasteiger partial charge is 0.355 e. The summed E-state index contributed by atoms with van der Waals surface area (Å²) in [6.07, 6.45) is 0.715. The van der Waals surface area contributed by atoms with Crippen LogP contribution in [-0.2, 0) is 19.1 Å². The number of morpholine rings is 1. The summed E-state index contributed by atoms with van der Waals surface area (Å²) < 4.78 is 10.5. The van der Waals surface area contributed by atoms with Crippen LogP contribution in [0.1, 0.15) is 51.6 Å². The molecule has 2 aromatic heterocycles. The van der Waals surface area contributed by atoms with E-state index in [1.165, 1.54) is 21.1 Å². The Morgan fingerprint density at radius 1 is 1.31 bits per heavy atom. The van der Waals surface area contributed by atoms with Crippen LogP contribution in [0.3, 0.4) is 0 Å². The molecule has 0 spiro atoms. The number of aryl methyl sites for hydroxylation is 1. The first kappa shape index (κ1) is 25.2. The van der Waals surface area contributed by atoms with Gasteiger partial charge in [0.25, 0.3) is 5.91 Å². The van der Waals surface area contributed by atoms with E-state index >= 15 is 0 Å². The zero-order valence-electron chi connectivity index (χ0n) is 20.3. The van der Waals surface area contributed by atoms with Crippen LogP contribution in [0.5, 0.6) is 0 Å². The monoisotopic (exact) mass is 501 g/mol. The van der Waals surface area contributed by atoms with Gasteiger partial charge < -0.3 is 29.4 Å². The number of aromatic nitrogens is 1. The number of H-pyrrole nitrogens is 1. The maximum absolute atomic E-state index is 13.8. The van der Waals surface area contributed by atoms with Crippen LogP contribution in [0.4, 0.5) is 0 Å². The first-order valence-corrected chi connectivity index (χ1v) is 12.8. The van der Waals surface area contributed by atoms with Gasteiger partial charge in [0.15, 0.2) is 0 Å². The lowest BCUT2D eigenvalue weighted by Gasteiger charge is -2.28. The minimum absolute atomic E-state index is 0.0585. The topological polar surface area (TPSA) is 116 Å². The van der Waals surface area contributed by atoms with Gasteiger partial charge in [-0.1, -0.05) is 11.8 Å². The quantitative estimate of drug-likeness (QED) is 0.234. The van der Waals surface area contributed by atoms with Crippen molar-refractivity contribution in [3.05, 3.63) is 50.5 Å². The third kappa shape index (κ3) is 4.91. The molecule has 0 aromatic carbocycles. The van der Waals surface area contributed by atoms with Gasteiger partial charge in [-0.15, -0.1) is 11.3 Å². The summed E-state index contributed by atoms with van der Waals surface area (Å²) in [5.41, 5.74) is 1.24. The van der Waals surface area contributed by atoms with Crippen LogP contribution in [0, 0.1) is 13.8 Å². The average molecular weight is 502 g/mol. The Bertz CT molecular complexity index is 1130. The molecule has 2 aliphatic heterocycles. The molecule has 0 aliphatic carbocycles. The summed E-state index contributed by atoms with van der Waals surface area (Å²) in [6.45, 7) is 9.77. The van der Waals surface area contributed by atoms with Gasteiger partial charge in [-0.25, -0.2) is 4.79 Å². The maximum atomic E-state index is 13.8. The summed E-state index contributed by atoms with van der Waals surface area (Å²) in [6, 6.07) is 2.95. The predicted octanol–water partition coefficient (Wildman–Crippen LogP) is 0.399. The third-order valence-corrected chi connectivity index (χ3v) is 7.54. The van der Waals surface area contributed by atoms with Crippen molar-refractivity contribution in [3.8, 4) is 0 Å². The number of ketones is 1. The second kappa shape index (κ2) is 10.8. The van der Waals surface area contributed by atoms with E-state index in [-0.39, 0.29) is 23.4 Å². The fraction of sp³-hybridized carbons (Fsp3) is 0.480. The molecule has 4 rings (SSSR count). The molecule has 4 heterocycles. The number of rotatable bonds is 8. The number of aromatic amines is 1. The number of nitrogens with one attached hydrogen (secondary N) is 2. The second-order valence-corrected chi connectivity index (χ2v) is 9.78. The highest BCUT2D eigenvalue weighted by atomic mass is 32.1. The van der Waals surface area contributed by atoms with Crippen LogP contribution in [0.2, 0.25) is 0 Å². The van der Waals surface area contributed by atoms with E-state index in [9.17, 15) is 19.5 Å². The van der Waals surface area contributed by atoms with E-state index in [0.29, 0.717) is 24.2 Å². The summed E-state index contributed by atoms with van der Waals surface area (Å²) in [5.74, 6) is -2.51. The normalized spacial score (nSPS) is 20.5. The van der Waals surface area contributed by atoms with E-state index in [1.54, 1.807) is 20.8 Å². The lowest BCUT2D eigenvalue weighted by molar-refractivity contribution is -0.908. The number of likely N-dealkylation sites (tertiary alicyclic amines) is 1. The van der Waals surface area contributed by atoms with Gasteiger partial charge >= 0.3 is 5.97 Å². The van der Waals surface area contributed by atoms with Gasteiger partial charge in [-0.05, 0) is 43.3 Å². The number of amides is 1. The molecule has 2 N–H and O–H groups in total. The molecule has 1 unspecified atom stereocenters. The van der Waals surface area contributed by atoms with Crippen molar-refractivity contribution in [2.24, 2.45) is 0 Å². The fourth-order valence-electron chi connectivity index (χ4n) is 4.89. The molecule has 2 fully saturated rings. The van der Waals surface area contributed by atoms with Gasteiger partial charge in [-0.3, -0.25) is 9.59 Å². The maximum Gasteiger partial charge on any atom is 0.355 e. The first-order valence-electron chi connectivity index (χ1n) is 11.9. The lowest BCUT2D eigenvalue weighted by atomic mass is 9.97. The van der Waals surface area contributed by atoms with E-state index < -0.39 is 29.5 Å². The molecule has 35 heavy (non-hydrogen) atoms. The van der Waals surface area contributed by atoms with E-state index in [1.807, 2.05) is 17.5 Å². The number of hydrogen-bond donors (Lipinski definition) is 2. The molecule has 188 valence electrons. The van der Waals surface area contributed by atoms with Crippen LogP contribution >= 0.6 is 11.3 Å². The Morgan fingerprint density at radius 3 is 2.71 bits per heavy atom. The van der Waals surface area contributed by atoms with Crippen molar-refractivity contribution in [1.29, 1.82) is 0 Å². The molecule has 0 saturated carbocycles. The van der Waals surface area contributed by atoms with Crippen LogP contribution in [0.25, 0.3) is 5.76 Å².